The number of carboxylic acid groups (broad SMARTS) is 1. The molecular weight excluding hydrogens is 605 g/mol. The Balaban J connectivity index is 0.00000123. The van der Waals surface area contributed by atoms with Crippen LogP contribution in [0.1, 0.15) is 21.9 Å². The number of rotatable bonds is 6. The summed E-state index contributed by atoms with van der Waals surface area (Å²) in [7, 11) is 0. The molecule has 17 heteroatoms. The van der Waals surface area contributed by atoms with Crippen LogP contribution in [0.15, 0.2) is 61.4 Å². The average Bonchev–Trinajstić information content (AvgIpc) is 3.63. The third-order valence-corrected chi connectivity index (χ3v) is 6.84. The molecule has 4 aromatic heterocycles. The van der Waals surface area contributed by atoms with Gasteiger partial charge in [0, 0.05) is 62.9 Å². The highest BCUT2D eigenvalue weighted by Gasteiger charge is 2.38. The maximum absolute atomic E-state index is 14.0. The Morgan fingerprint density at radius 2 is 1.84 bits per heavy atom. The molecule has 1 fully saturated rings. The molecule has 5 heterocycles. The molecule has 228 valence electrons. The molecule has 1 saturated heterocycles. The molecule has 44 heavy (non-hydrogen) atoms. The van der Waals surface area contributed by atoms with E-state index in [0.29, 0.717) is 30.2 Å². The number of anilines is 2. The second-order valence-electron chi connectivity index (χ2n) is 9.33. The topological polar surface area (TPSA) is 155 Å². The van der Waals surface area contributed by atoms with Gasteiger partial charge in [-0.3, -0.25) is 18.7 Å². The van der Waals surface area contributed by atoms with Gasteiger partial charge in [0.1, 0.15) is 12.4 Å². The first-order chi connectivity index (χ1) is 21.2. The number of nitrogens with one attached hydrogen (secondary N) is 2. The fourth-order valence-corrected chi connectivity index (χ4v) is 4.87. The van der Waals surface area contributed by atoms with Crippen LogP contribution in [0.4, 0.5) is 24.7 Å². The van der Waals surface area contributed by atoms with E-state index in [2.05, 4.69) is 35.7 Å². The molecule has 0 atom stereocenters. The standard InChI is InChI=1S/C26H22ClF3N10O.CH2O2/c27-19-12-16(2-3-17(19)25(41)38-9-6-31-7-10-38)36-23-24-35-13-20(40(24)11-8-34-23)18-14-39(37-22(18)26(28,29)30)15-21-32-4-1-5-33-21;2-1-3/h1-5,8,11-14,31H,6-7,9-10,15H2,(H,34,36);1H,(H,2,3). The van der Waals surface area contributed by atoms with Crippen molar-refractivity contribution < 1.29 is 27.9 Å². The van der Waals surface area contributed by atoms with Crippen LogP contribution < -0.4 is 10.6 Å². The summed E-state index contributed by atoms with van der Waals surface area (Å²) in [5.74, 6) is 0.457. The summed E-state index contributed by atoms with van der Waals surface area (Å²) < 4.78 is 44.7. The van der Waals surface area contributed by atoms with Gasteiger partial charge in [0.2, 0.25) is 0 Å². The fourth-order valence-electron chi connectivity index (χ4n) is 4.60. The lowest BCUT2D eigenvalue weighted by Gasteiger charge is -2.27. The lowest BCUT2D eigenvalue weighted by atomic mass is 10.1. The molecule has 0 saturated carbocycles. The van der Waals surface area contributed by atoms with Crippen molar-refractivity contribution in [3.63, 3.8) is 0 Å². The zero-order valence-electron chi connectivity index (χ0n) is 22.7. The Bertz CT molecular complexity index is 1770. The first-order valence-electron chi connectivity index (χ1n) is 13.1. The van der Waals surface area contributed by atoms with Crippen molar-refractivity contribution in [2.24, 2.45) is 0 Å². The molecule has 5 aromatic rings. The normalized spacial score (nSPS) is 13.3. The zero-order chi connectivity index (χ0) is 31.3. The highest BCUT2D eigenvalue weighted by atomic mass is 35.5. The number of piperazine rings is 1. The quantitative estimate of drug-likeness (QED) is 0.238. The minimum atomic E-state index is -4.71. The number of carbonyl (C=O) groups excluding carboxylic acids is 1. The molecular formula is C27H24ClF3N10O3. The smallest absolute Gasteiger partial charge is 0.435 e. The number of carbonyl (C=O) groups is 2. The van der Waals surface area contributed by atoms with E-state index in [0.717, 1.165) is 17.8 Å². The highest BCUT2D eigenvalue weighted by Crippen LogP contribution is 2.37. The summed E-state index contributed by atoms with van der Waals surface area (Å²) in [5.41, 5.74) is 0.157. The number of benzene rings is 1. The predicted octanol–water partition coefficient (Wildman–Crippen LogP) is 3.59. The van der Waals surface area contributed by atoms with Crippen molar-refractivity contribution in [1.29, 1.82) is 0 Å². The molecule has 0 radical (unpaired) electrons. The van der Waals surface area contributed by atoms with Gasteiger partial charge in [0.15, 0.2) is 17.2 Å². The number of hydrogen-bond donors (Lipinski definition) is 3. The molecule has 1 aliphatic heterocycles. The van der Waals surface area contributed by atoms with Crippen LogP contribution >= 0.6 is 11.6 Å². The maximum Gasteiger partial charge on any atom is 0.435 e. The van der Waals surface area contributed by atoms with E-state index in [1.165, 1.54) is 41.6 Å². The van der Waals surface area contributed by atoms with Crippen LogP contribution in [0.2, 0.25) is 5.02 Å². The van der Waals surface area contributed by atoms with E-state index < -0.39 is 11.9 Å². The van der Waals surface area contributed by atoms with Crippen molar-refractivity contribution in [3.8, 4) is 11.3 Å². The van der Waals surface area contributed by atoms with Crippen LogP contribution in [0.25, 0.3) is 16.9 Å². The molecule has 13 nitrogen and oxygen atoms in total. The van der Waals surface area contributed by atoms with Crippen LogP contribution in [0.3, 0.4) is 0 Å². The fraction of sp³-hybridized carbons (Fsp3) is 0.222. The van der Waals surface area contributed by atoms with E-state index in [-0.39, 0.29) is 46.7 Å². The summed E-state index contributed by atoms with van der Waals surface area (Å²) in [6.07, 6.45) is 3.90. The highest BCUT2D eigenvalue weighted by molar-refractivity contribution is 6.34. The number of amides is 1. The Morgan fingerprint density at radius 1 is 1.11 bits per heavy atom. The molecule has 0 aliphatic carbocycles. The monoisotopic (exact) mass is 628 g/mol. The molecule has 6 rings (SSSR count). The zero-order valence-corrected chi connectivity index (χ0v) is 23.5. The molecule has 1 aromatic carbocycles. The number of fused-ring (bicyclic) bond motifs is 1. The summed E-state index contributed by atoms with van der Waals surface area (Å²) in [6, 6.07) is 6.54. The van der Waals surface area contributed by atoms with Crippen LogP contribution in [-0.4, -0.2) is 82.7 Å². The Kier molecular flexibility index (Phi) is 9.01. The van der Waals surface area contributed by atoms with E-state index in [1.54, 1.807) is 29.2 Å². The van der Waals surface area contributed by atoms with Crippen LogP contribution in [0, 0.1) is 0 Å². The summed E-state index contributed by atoms with van der Waals surface area (Å²) in [5, 5.41) is 17.2. The Morgan fingerprint density at radius 3 is 2.52 bits per heavy atom. The number of imidazole rings is 1. The molecule has 1 amide bonds. The summed E-state index contributed by atoms with van der Waals surface area (Å²) in [4.78, 5) is 39.8. The van der Waals surface area contributed by atoms with E-state index in [1.807, 2.05) is 0 Å². The number of halogens is 4. The molecule has 0 spiro atoms. The third-order valence-electron chi connectivity index (χ3n) is 6.52. The number of aromatic nitrogens is 7. The van der Waals surface area contributed by atoms with Crippen LogP contribution in [0.5, 0.6) is 0 Å². The van der Waals surface area contributed by atoms with Gasteiger partial charge >= 0.3 is 6.18 Å². The van der Waals surface area contributed by atoms with Gasteiger partial charge in [-0.15, -0.1) is 0 Å². The minimum absolute atomic E-state index is 0.0388. The van der Waals surface area contributed by atoms with Crippen molar-refractivity contribution in [2.45, 2.75) is 12.7 Å². The first-order valence-corrected chi connectivity index (χ1v) is 13.4. The first kappa shape index (κ1) is 30.4. The van der Waals surface area contributed by atoms with Gasteiger partial charge in [0.25, 0.3) is 12.4 Å². The molecule has 3 N–H and O–H groups in total. The summed E-state index contributed by atoms with van der Waals surface area (Å²) >= 11 is 6.46. The lowest BCUT2D eigenvalue weighted by molar-refractivity contribution is -0.141. The van der Waals surface area contributed by atoms with Gasteiger partial charge in [0.05, 0.1) is 28.0 Å². The van der Waals surface area contributed by atoms with Gasteiger partial charge < -0.3 is 20.6 Å². The average molecular weight is 629 g/mol. The SMILES string of the molecule is O=C(c1ccc(Nc2nccn3c(-c4cn(Cc5ncccn5)nc4C(F)(F)F)cnc23)cc1Cl)N1CCNCC1.O=CO. The predicted molar refractivity (Wildman–Crippen MR) is 153 cm³/mol. The third kappa shape index (κ3) is 6.60. The molecule has 0 unspecified atom stereocenters. The largest absolute Gasteiger partial charge is 0.483 e. The van der Waals surface area contributed by atoms with Gasteiger partial charge in [-0.25, -0.2) is 19.9 Å². The van der Waals surface area contributed by atoms with Crippen molar-refractivity contribution in [3.05, 3.63) is 83.6 Å². The Labute approximate surface area is 252 Å². The number of hydrogen-bond acceptors (Lipinski definition) is 9. The van der Waals surface area contributed by atoms with E-state index >= 15 is 0 Å². The van der Waals surface area contributed by atoms with E-state index in [4.69, 9.17) is 21.5 Å². The minimum Gasteiger partial charge on any atom is -0.483 e. The van der Waals surface area contributed by atoms with Gasteiger partial charge in [-0.2, -0.15) is 18.3 Å². The lowest BCUT2D eigenvalue weighted by Crippen LogP contribution is -2.46. The second-order valence-corrected chi connectivity index (χ2v) is 9.74. The van der Waals surface area contributed by atoms with Gasteiger partial charge in [-0.05, 0) is 24.3 Å². The number of nitrogens with zero attached hydrogens (tertiary/aromatic N) is 8. The molecule has 0 bridgehead atoms. The number of alkyl halides is 3. The Hall–Kier alpha value is -5.09. The van der Waals surface area contributed by atoms with Crippen LogP contribution in [-0.2, 0) is 17.5 Å². The molecule has 1 aliphatic rings. The van der Waals surface area contributed by atoms with Gasteiger partial charge in [-0.1, -0.05) is 11.6 Å². The second kappa shape index (κ2) is 13.0. The van der Waals surface area contributed by atoms with Crippen molar-refractivity contribution >= 4 is 41.1 Å². The summed E-state index contributed by atoms with van der Waals surface area (Å²) in [6.45, 7) is 2.34. The van der Waals surface area contributed by atoms with Crippen molar-refractivity contribution in [2.75, 3.05) is 31.5 Å². The maximum atomic E-state index is 14.0. The van der Waals surface area contributed by atoms with E-state index in [9.17, 15) is 18.0 Å². The van der Waals surface area contributed by atoms with Crippen molar-refractivity contribution in [1.82, 2.24) is 44.3 Å².